The first-order valence-electron chi connectivity index (χ1n) is 9.82. The fraction of sp³-hybridized carbons (Fsp3) is 0.737. The number of amides is 2. The fourth-order valence-corrected chi connectivity index (χ4v) is 4.31. The summed E-state index contributed by atoms with van der Waals surface area (Å²) in [6, 6.07) is -1.60. The van der Waals surface area contributed by atoms with Crippen LogP contribution in [0.2, 0.25) is 6.32 Å². The van der Waals surface area contributed by atoms with Gasteiger partial charge in [0.25, 0.3) is 0 Å². The molecule has 0 bridgehead atoms. The molecule has 4 N–H and O–H groups in total. The average molecular weight is 392 g/mol. The van der Waals surface area contributed by atoms with Gasteiger partial charge in [0.1, 0.15) is 12.1 Å². The first kappa shape index (κ1) is 22.4. The molecule has 1 radical (unpaired) electrons. The van der Waals surface area contributed by atoms with E-state index in [1.54, 1.807) is 11.0 Å². The van der Waals surface area contributed by atoms with Gasteiger partial charge in [0.15, 0.2) is 0 Å². The summed E-state index contributed by atoms with van der Waals surface area (Å²) in [5.74, 6) is -1.36. The number of unbranched alkanes of at least 4 members (excludes halogenated alkanes) is 2. The third kappa shape index (κ3) is 4.94. The number of fused-ring (bicyclic) bond motifs is 1. The number of aliphatic carboxylic acids is 1. The molecule has 9 heteroatoms. The van der Waals surface area contributed by atoms with Crippen LogP contribution >= 0.6 is 0 Å². The van der Waals surface area contributed by atoms with Gasteiger partial charge >= 0.3 is 13.5 Å². The highest BCUT2D eigenvalue weighted by molar-refractivity contribution is 6.34. The predicted molar refractivity (Wildman–Crippen MR) is 105 cm³/mol. The van der Waals surface area contributed by atoms with Gasteiger partial charge in [-0.15, -0.1) is 6.58 Å². The summed E-state index contributed by atoms with van der Waals surface area (Å²) in [5, 5.41) is 12.1. The van der Waals surface area contributed by atoms with Gasteiger partial charge in [-0.1, -0.05) is 26.3 Å². The van der Waals surface area contributed by atoms with Crippen LogP contribution in [0.5, 0.6) is 0 Å². The number of hydrogen-bond acceptors (Lipinski definition) is 5. The number of piperidine rings is 1. The number of carboxylic acids is 1. The molecule has 0 aromatic carbocycles. The Morgan fingerprint density at radius 1 is 1.43 bits per heavy atom. The number of carbonyl (C=O) groups excluding carboxylic acids is 2. The SMILES string of the molecule is C=CCCCC[C@H](NC(=O)[C@@H]1[C@@H]2[C@H](CN1C(=O)C[B]OCN)C2(C)C)C(=O)O. The summed E-state index contributed by atoms with van der Waals surface area (Å²) >= 11 is 0. The van der Waals surface area contributed by atoms with E-state index < -0.39 is 18.1 Å². The van der Waals surface area contributed by atoms with E-state index in [-0.39, 0.29) is 42.1 Å². The number of nitrogens with one attached hydrogen (secondary N) is 1. The van der Waals surface area contributed by atoms with Crippen molar-refractivity contribution in [1.82, 2.24) is 10.2 Å². The number of carbonyl (C=O) groups is 3. The quantitative estimate of drug-likeness (QED) is 0.195. The molecule has 0 unspecified atom stereocenters. The van der Waals surface area contributed by atoms with Crippen LogP contribution in [0.4, 0.5) is 0 Å². The molecule has 1 saturated carbocycles. The molecule has 2 fully saturated rings. The van der Waals surface area contributed by atoms with Gasteiger partial charge in [-0.3, -0.25) is 9.59 Å². The highest BCUT2D eigenvalue weighted by atomic mass is 16.4. The van der Waals surface area contributed by atoms with Crippen LogP contribution in [-0.4, -0.2) is 60.6 Å². The Bertz CT molecular complexity index is 612. The largest absolute Gasteiger partial charge is 0.480 e. The van der Waals surface area contributed by atoms with E-state index in [4.69, 9.17) is 10.4 Å². The molecule has 8 nitrogen and oxygen atoms in total. The molecule has 1 heterocycles. The molecular formula is C19H31BN3O5. The normalized spacial score (nSPS) is 25.5. The van der Waals surface area contributed by atoms with Gasteiger partial charge < -0.3 is 25.7 Å². The Morgan fingerprint density at radius 2 is 2.14 bits per heavy atom. The lowest BCUT2D eigenvalue weighted by Crippen LogP contribution is -2.53. The molecule has 0 aromatic rings. The van der Waals surface area contributed by atoms with E-state index in [1.165, 1.54) is 7.48 Å². The summed E-state index contributed by atoms with van der Waals surface area (Å²) < 4.78 is 4.92. The highest BCUT2D eigenvalue weighted by Gasteiger charge is 2.69. The summed E-state index contributed by atoms with van der Waals surface area (Å²) in [4.78, 5) is 38.6. The van der Waals surface area contributed by atoms with Crippen LogP contribution in [0.1, 0.15) is 39.5 Å². The van der Waals surface area contributed by atoms with Crippen molar-refractivity contribution in [1.29, 1.82) is 0 Å². The van der Waals surface area contributed by atoms with Crippen LogP contribution in [0, 0.1) is 17.3 Å². The van der Waals surface area contributed by atoms with E-state index >= 15 is 0 Å². The first-order valence-corrected chi connectivity index (χ1v) is 9.82. The minimum absolute atomic E-state index is 0.0123. The second kappa shape index (κ2) is 9.56. The predicted octanol–water partition coefficient (Wildman–Crippen LogP) is 0.756. The van der Waals surface area contributed by atoms with Crippen LogP contribution in [0.25, 0.3) is 0 Å². The molecule has 2 aliphatic rings. The lowest BCUT2D eigenvalue weighted by Gasteiger charge is -2.31. The maximum Gasteiger partial charge on any atom is 0.326 e. The third-order valence-electron chi connectivity index (χ3n) is 6.04. The zero-order valence-electron chi connectivity index (χ0n) is 16.7. The zero-order chi connectivity index (χ0) is 20.9. The van der Waals surface area contributed by atoms with Crippen molar-refractivity contribution in [2.45, 2.75) is 57.9 Å². The molecule has 0 spiro atoms. The van der Waals surface area contributed by atoms with E-state index in [9.17, 15) is 19.5 Å². The van der Waals surface area contributed by atoms with E-state index in [0.29, 0.717) is 19.4 Å². The van der Waals surface area contributed by atoms with E-state index in [0.717, 1.165) is 12.8 Å². The first-order chi connectivity index (χ1) is 13.3. The zero-order valence-corrected chi connectivity index (χ0v) is 16.7. The molecule has 1 saturated heterocycles. The molecule has 155 valence electrons. The summed E-state index contributed by atoms with van der Waals surface area (Å²) in [6.45, 7) is 8.30. The van der Waals surface area contributed by atoms with Crippen molar-refractivity contribution < 1.29 is 24.1 Å². The Kier molecular flexibility index (Phi) is 7.66. The van der Waals surface area contributed by atoms with E-state index in [2.05, 4.69) is 25.7 Å². The maximum atomic E-state index is 13.0. The topological polar surface area (TPSA) is 122 Å². The lowest BCUT2D eigenvalue weighted by atomic mass is 9.92. The summed E-state index contributed by atoms with van der Waals surface area (Å²) in [5.41, 5.74) is 5.22. The molecule has 1 aliphatic heterocycles. The van der Waals surface area contributed by atoms with Crippen LogP contribution in [-0.2, 0) is 19.0 Å². The number of nitrogens with zero attached hydrogens (tertiary/aromatic N) is 1. The molecule has 4 atom stereocenters. The van der Waals surface area contributed by atoms with Gasteiger partial charge in [0.05, 0.1) is 6.73 Å². The van der Waals surface area contributed by atoms with Crippen LogP contribution in [0.3, 0.4) is 0 Å². The van der Waals surface area contributed by atoms with Crippen molar-refractivity contribution in [2.24, 2.45) is 23.0 Å². The van der Waals surface area contributed by atoms with Crippen molar-refractivity contribution in [3.05, 3.63) is 12.7 Å². The van der Waals surface area contributed by atoms with Crippen molar-refractivity contribution in [3.63, 3.8) is 0 Å². The number of allylic oxidation sites excluding steroid dienone is 1. The van der Waals surface area contributed by atoms with Gasteiger partial charge in [-0.05, 0) is 36.5 Å². The average Bonchev–Trinajstić information content (AvgIpc) is 2.99. The Morgan fingerprint density at radius 3 is 2.75 bits per heavy atom. The number of nitrogens with two attached hydrogens (primary N) is 1. The molecular weight excluding hydrogens is 361 g/mol. The number of rotatable bonds is 12. The molecule has 2 amide bonds. The molecule has 2 rings (SSSR count). The smallest absolute Gasteiger partial charge is 0.326 e. The molecule has 1 aliphatic carbocycles. The summed E-state index contributed by atoms with van der Waals surface area (Å²) in [7, 11) is 1.34. The standard InChI is InChI=1S/C19H31BN3O5/c1-4-5-6-7-8-13(18(26)27)22-17(25)16-15-12(19(15,2)3)10-23(16)14(24)9-20-28-11-21/h4,12-13,15-16H,1,5-11,21H2,2-3H3,(H,22,25)(H,26,27)/t12-,13-,15-,16-/m0/s1. The fourth-order valence-electron chi connectivity index (χ4n) is 4.31. The van der Waals surface area contributed by atoms with E-state index in [1.807, 2.05) is 0 Å². The Labute approximate surface area is 167 Å². The summed E-state index contributed by atoms with van der Waals surface area (Å²) in [6.07, 6.45) is 4.49. The van der Waals surface area contributed by atoms with Crippen LogP contribution < -0.4 is 11.1 Å². The van der Waals surface area contributed by atoms with Gasteiger partial charge in [-0.25, -0.2) is 4.79 Å². The Balaban J connectivity index is 2.02. The number of likely N-dealkylation sites (tertiary alicyclic amines) is 1. The van der Waals surface area contributed by atoms with Gasteiger partial charge in [0.2, 0.25) is 11.8 Å². The van der Waals surface area contributed by atoms with Crippen molar-refractivity contribution in [2.75, 3.05) is 13.3 Å². The van der Waals surface area contributed by atoms with Crippen LogP contribution in [0.15, 0.2) is 12.7 Å². The maximum absolute atomic E-state index is 13.0. The lowest BCUT2D eigenvalue weighted by molar-refractivity contribution is -0.144. The second-order valence-corrected chi connectivity index (χ2v) is 8.12. The van der Waals surface area contributed by atoms with Crippen molar-refractivity contribution >= 4 is 25.3 Å². The Hall–Kier alpha value is -1.87. The minimum Gasteiger partial charge on any atom is -0.480 e. The third-order valence-corrected chi connectivity index (χ3v) is 6.04. The molecule has 28 heavy (non-hydrogen) atoms. The second-order valence-electron chi connectivity index (χ2n) is 8.12. The number of hydrogen-bond donors (Lipinski definition) is 3. The molecule has 0 aromatic heterocycles. The highest BCUT2D eigenvalue weighted by Crippen LogP contribution is 2.64. The minimum atomic E-state index is -1.06. The number of carboxylic acid groups (broad SMARTS) is 1. The van der Waals surface area contributed by atoms with Gasteiger partial charge in [0, 0.05) is 12.9 Å². The monoisotopic (exact) mass is 392 g/mol. The van der Waals surface area contributed by atoms with Gasteiger partial charge in [-0.2, -0.15) is 0 Å². The van der Waals surface area contributed by atoms with Crippen molar-refractivity contribution in [3.8, 4) is 0 Å².